The molecule has 2 aromatic heterocycles. The van der Waals surface area contributed by atoms with Crippen molar-refractivity contribution in [1.29, 1.82) is 0 Å². The lowest BCUT2D eigenvalue weighted by Gasteiger charge is -2.37. The molecule has 2 aliphatic rings. The van der Waals surface area contributed by atoms with Crippen molar-refractivity contribution in [2.75, 3.05) is 18.0 Å². The largest absolute Gasteiger partial charge is 0.392 e. The Morgan fingerprint density at radius 2 is 2.00 bits per heavy atom. The van der Waals surface area contributed by atoms with E-state index < -0.39 is 0 Å². The van der Waals surface area contributed by atoms with Gasteiger partial charge in [0.2, 0.25) is 0 Å². The number of aliphatic hydroxyl groups excluding tert-OH is 1. The Bertz CT molecular complexity index is 612. The fourth-order valence-corrected chi connectivity index (χ4v) is 3.83. The Kier molecular flexibility index (Phi) is 2.50. The third-order valence-corrected chi connectivity index (χ3v) is 4.80. The number of rotatable bonds is 1. The first-order chi connectivity index (χ1) is 9.22. The molecule has 1 saturated heterocycles. The standard InChI is InChI=1S/C14H16ClN3O/c15-11-3-12(13-4-16-8-18(13)7-11)17-5-9-1-2-10(6-17)14(9)19/h3-4,7-10,14,19H,1-2,5-6H2. The Morgan fingerprint density at radius 3 is 2.74 bits per heavy atom. The summed E-state index contributed by atoms with van der Waals surface area (Å²) >= 11 is 6.19. The highest BCUT2D eigenvalue weighted by Gasteiger charge is 2.41. The quantitative estimate of drug-likeness (QED) is 0.869. The van der Waals surface area contributed by atoms with Gasteiger partial charge in [0.1, 0.15) is 0 Å². The average Bonchev–Trinajstić information content (AvgIpc) is 2.90. The molecule has 1 aliphatic carbocycles. The minimum atomic E-state index is -0.114. The number of fused-ring (bicyclic) bond motifs is 3. The van der Waals surface area contributed by atoms with E-state index in [4.69, 9.17) is 11.6 Å². The van der Waals surface area contributed by atoms with Gasteiger partial charge < -0.3 is 14.4 Å². The van der Waals surface area contributed by atoms with Crippen LogP contribution < -0.4 is 4.90 Å². The molecule has 2 unspecified atom stereocenters. The van der Waals surface area contributed by atoms with Gasteiger partial charge in [0.15, 0.2) is 0 Å². The van der Waals surface area contributed by atoms with Gasteiger partial charge in [-0.1, -0.05) is 11.6 Å². The minimum absolute atomic E-state index is 0.114. The van der Waals surface area contributed by atoms with Crippen LogP contribution in [-0.4, -0.2) is 33.7 Å². The van der Waals surface area contributed by atoms with Gasteiger partial charge in [-0.15, -0.1) is 0 Å². The molecule has 1 N–H and O–H groups in total. The van der Waals surface area contributed by atoms with E-state index in [-0.39, 0.29) is 6.10 Å². The SMILES string of the molecule is OC1C2CCC1CN(c1cc(Cl)cn3cncc13)C2. The molecule has 19 heavy (non-hydrogen) atoms. The first kappa shape index (κ1) is 11.6. The van der Waals surface area contributed by atoms with Crippen molar-refractivity contribution in [3.63, 3.8) is 0 Å². The number of piperidine rings is 1. The van der Waals surface area contributed by atoms with E-state index in [1.54, 1.807) is 6.33 Å². The third-order valence-electron chi connectivity index (χ3n) is 4.59. The molecule has 0 radical (unpaired) electrons. The topological polar surface area (TPSA) is 40.8 Å². The van der Waals surface area contributed by atoms with Crippen molar-refractivity contribution in [2.45, 2.75) is 18.9 Å². The maximum Gasteiger partial charge on any atom is 0.0993 e. The molecule has 2 fully saturated rings. The predicted octanol–water partition coefficient (Wildman–Crippen LogP) is 2.19. The highest BCUT2D eigenvalue weighted by Crippen LogP contribution is 2.39. The first-order valence-electron chi connectivity index (χ1n) is 6.76. The summed E-state index contributed by atoms with van der Waals surface area (Å²) in [6.07, 6.45) is 7.69. The summed E-state index contributed by atoms with van der Waals surface area (Å²) in [4.78, 5) is 6.55. The van der Waals surface area contributed by atoms with E-state index in [9.17, 15) is 5.11 Å². The number of halogens is 1. The zero-order valence-electron chi connectivity index (χ0n) is 10.5. The lowest BCUT2D eigenvalue weighted by molar-refractivity contribution is 0.0793. The van der Waals surface area contributed by atoms with Crippen LogP contribution in [0, 0.1) is 11.8 Å². The number of nitrogens with zero attached hydrogens (tertiary/aromatic N) is 3. The zero-order chi connectivity index (χ0) is 13.0. The molecule has 1 saturated carbocycles. The summed E-state index contributed by atoms with van der Waals surface area (Å²) in [6, 6.07) is 2.01. The van der Waals surface area contributed by atoms with Crippen LogP contribution in [0.15, 0.2) is 24.8 Å². The minimum Gasteiger partial charge on any atom is -0.392 e. The Morgan fingerprint density at radius 1 is 1.26 bits per heavy atom. The molecule has 4 rings (SSSR count). The van der Waals surface area contributed by atoms with Crippen LogP contribution in [0.25, 0.3) is 5.52 Å². The summed E-state index contributed by atoms with van der Waals surface area (Å²) in [5.74, 6) is 0.807. The molecular formula is C14H16ClN3O. The van der Waals surface area contributed by atoms with Gasteiger partial charge in [-0.25, -0.2) is 4.98 Å². The first-order valence-corrected chi connectivity index (χ1v) is 7.14. The van der Waals surface area contributed by atoms with Crippen molar-refractivity contribution in [3.05, 3.63) is 29.8 Å². The number of imidazole rings is 1. The second kappa shape index (κ2) is 4.12. The van der Waals surface area contributed by atoms with E-state index in [2.05, 4.69) is 9.88 Å². The monoisotopic (exact) mass is 277 g/mol. The predicted molar refractivity (Wildman–Crippen MR) is 74.6 cm³/mol. The summed E-state index contributed by atoms with van der Waals surface area (Å²) in [5.41, 5.74) is 2.22. The average molecular weight is 278 g/mol. The number of aromatic nitrogens is 2. The number of hydrogen-bond acceptors (Lipinski definition) is 3. The zero-order valence-corrected chi connectivity index (χ0v) is 11.3. The van der Waals surface area contributed by atoms with Crippen molar-refractivity contribution < 1.29 is 5.11 Å². The van der Waals surface area contributed by atoms with Crippen molar-refractivity contribution in [2.24, 2.45) is 11.8 Å². The van der Waals surface area contributed by atoms with Crippen LogP contribution in [-0.2, 0) is 0 Å². The molecule has 0 amide bonds. The van der Waals surface area contributed by atoms with Gasteiger partial charge in [0.25, 0.3) is 0 Å². The molecule has 4 nitrogen and oxygen atoms in total. The van der Waals surface area contributed by atoms with E-state index in [0.29, 0.717) is 11.8 Å². The molecule has 2 bridgehead atoms. The van der Waals surface area contributed by atoms with Gasteiger partial charge >= 0.3 is 0 Å². The maximum absolute atomic E-state index is 10.1. The second-order valence-electron chi connectivity index (χ2n) is 5.72. The van der Waals surface area contributed by atoms with Crippen molar-refractivity contribution >= 4 is 22.8 Å². The van der Waals surface area contributed by atoms with Crippen LogP contribution in [0.5, 0.6) is 0 Å². The van der Waals surface area contributed by atoms with Crippen LogP contribution in [0.2, 0.25) is 5.02 Å². The molecule has 5 heteroatoms. The summed E-state index contributed by atoms with van der Waals surface area (Å²) < 4.78 is 1.96. The fourth-order valence-electron chi connectivity index (χ4n) is 3.62. The molecule has 100 valence electrons. The third kappa shape index (κ3) is 1.74. The summed E-state index contributed by atoms with van der Waals surface area (Å²) in [7, 11) is 0. The van der Waals surface area contributed by atoms with E-state index >= 15 is 0 Å². The van der Waals surface area contributed by atoms with Gasteiger partial charge in [-0.2, -0.15) is 0 Å². The second-order valence-corrected chi connectivity index (χ2v) is 6.16. The number of anilines is 1. The Labute approximate surface area is 116 Å². The van der Waals surface area contributed by atoms with E-state index in [1.807, 2.05) is 22.9 Å². The molecule has 0 aromatic carbocycles. The van der Waals surface area contributed by atoms with E-state index in [0.717, 1.165) is 42.2 Å². The highest BCUT2D eigenvalue weighted by molar-refractivity contribution is 6.30. The van der Waals surface area contributed by atoms with Gasteiger partial charge in [0.05, 0.1) is 34.9 Å². The van der Waals surface area contributed by atoms with Crippen LogP contribution >= 0.6 is 11.6 Å². The van der Waals surface area contributed by atoms with Gasteiger partial charge in [-0.05, 0) is 18.9 Å². The van der Waals surface area contributed by atoms with Gasteiger partial charge in [0, 0.05) is 31.1 Å². The van der Waals surface area contributed by atoms with Crippen LogP contribution in [0.3, 0.4) is 0 Å². The number of aliphatic hydroxyl groups is 1. The van der Waals surface area contributed by atoms with Crippen molar-refractivity contribution in [3.8, 4) is 0 Å². The normalized spacial score (nSPS) is 30.2. The van der Waals surface area contributed by atoms with E-state index in [1.165, 1.54) is 0 Å². The molecule has 0 spiro atoms. The molecule has 1 aliphatic heterocycles. The molecule has 2 aromatic rings. The summed E-state index contributed by atoms with van der Waals surface area (Å²) in [6.45, 7) is 1.83. The number of pyridine rings is 1. The summed E-state index contributed by atoms with van der Waals surface area (Å²) in [5, 5.41) is 10.9. The fraction of sp³-hybridized carbons (Fsp3) is 0.500. The van der Waals surface area contributed by atoms with Crippen molar-refractivity contribution in [1.82, 2.24) is 9.38 Å². The lowest BCUT2D eigenvalue weighted by atomic mass is 9.94. The Hall–Kier alpha value is -1.26. The number of hydrogen-bond donors (Lipinski definition) is 1. The van der Waals surface area contributed by atoms with Gasteiger partial charge in [-0.3, -0.25) is 0 Å². The smallest absolute Gasteiger partial charge is 0.0993 e. The molecule has 2 atom stereocenters. The highest BCUT2D eigenvalue weighted by atomic mass is 35.5. The molecule has 3 heterocycles. The Balaban J connectivity index is 1.77. The van der Waals surface area contributed by atoms with Crippen LogP contribution in [0.4, 0.5) is 5.69 Å². The lowest BCUT2D eigenvalue weighted by Crippen LogP contribution is -2.44. The van der Waals surface area contributed by atoms with Crippen LogP contribution in [0.1, 0.15) is 12.8 Å². The molecular weight excluding hydrogens is 262 g/mol. The maximum atomic E-state index is 10.1.